The molecule has 2 heterocycles. The molecular weight excluding hydrogens is 530 g/mol. The van der Waals surface area contributed by atoms with Crippen LogP contribution < -0.4 is 11.0 Å². The minimum atomic E-state index is -0.743. The summed E-state index contributed by atoms with van der Waals surface area (Å²) in [5, 5.41) is 11.7. The predicted octanol–water partition coefficient (Wildman–Crippen LogP) is 4.94. The number of nitrogens with zero attached hydrogens (tertiary/aromatic N) is 2. The van der Waals surface area contributed by atoms with Gasteiger partial charge in [-0.3, -0.25) is 14.6 Å². The van der Waals surface area contributed by atoms with Gasteiger partial charge in [0.05, 0.1) is 6.10 Å². The average molecular weight is 576 g/mol. The van der Waals surface area contributed by atoms with Gasteiger partial charge >= 0.3 is 5.97 Å². The monoisotopic (exact) mass is 575 g/mol. The summed E-state index contributed by atoms with van der Waals surface area (Å²) in [5.74, 6) is -0.823. The predicted molar refractivity (Wildman–Crippen MR) is 161 cm³/mol. The Hall–Kier alpha value is -3.26. The second-order valence-electron chi connectivity index (χ2n) is 13.4. The molecule has 0 radical (unpaired) electrons. The van der Waals surface area contributed by atoms with Gasteiger partial charge < -0.3 is 15.3 Å². The Kier molecular flexibility index (Phi) is 8.23. The van der Waals surface area contributed by atoms with Gasteiger partial charge in [0.1, 0.15) is 17.5 Å². The Labute approximate surface area is 248 Å². The Morgan fingerprint density at radius 2 is 2.02 bits per heavy atom. The van der Waals surface area contributed by atoms with Crippen molar-refractivity contribution in [1.82, 2.24) is 9.66 Å². The van der Waals surface area contributed by atoms with Gasteiger partial charge in [0.25, 0.3) is 5.56 Å². The highest BCUT2D eigenvalue weighted by Crippen LogP contribution is 2.68. The van der Waals surface area contributed by atoms with Crippen molar-refractivity contribution in [3.05, 3.63) is 77.0 Å². The smallest absolute Gasteiger partial charge is 0.344 e. The molecule has 3 saturated carbocycles. The number of aliphatic hydroxyl groups excluding tert-OH is 1. The van der Waals surface area contributed by atoms with Crippen molar-refractivity contribution in [2.75, 3.05) is 12.0 Å². The lowest BCUT2D eigenvalue weighted by Gasteiger charge is -2.61. The van der Waals surface area contributed by atoms with E-state index in [0.717, 1.165) is 37.7 Å². The molecule has 8 atom stereocenters. The molecule has 0 aliphatic heterocycles. The molecule has 2 bridgehead atoms. The number of nitrogens with one attached hydrogen (secondary N) is 1. The molecule has 3 aliphatic rings. The van der Waals surface area contributed by atoms with E-state index in [2.05, 4.69) is 37.8 Å². The molecule has 3 aliphatic carbocycles. The summed E-state index contributed by atoms with van der Waals surface area (Å²) in [6.07, 6.45) is 10.4. The molecule has 2 aromatic heterocycles. The van der Waals surface area contributed by atoms with Gasteiger partial charge in [-0.05, 0) is 79.5 Å². The van der Waals surface area contributed by atoms with Gasteiger partial charge in [-0.15, -0.1) is 6.58 Å². The SMILES string of the molecule is C=C[C@]1(C)C[C@@H](OC(=O)c2cccn(NCCCc3cccnc3)c2=O)[C@]2(C)C(C)CC[C@]3(CCC(=O)C32)[C@@H](C)[C@@H]1O. The molecule has 2 N–H and O–H groups in total. The zero-order valence-corrected chi connectivity index (χ0v) is 25.3. The number of ketones is 1. The summed E-state index contributed by atoms with van der Waals surface area (Å²) in [6, 6.07) is 7.05. The molecule has 2 aromatic rings. The summed E-state index contributed by atoms with van der Waals surface area (Å²) in [5.41, 5.74) is 1.94. The number of pyridine rings is 2. The van der Waals surface area contributed by atoms with Crippen LogP contribution in [-0.4, -0.2) is 45.3 Å². The van der Waals surface area contributed by atoms with E-state index in [9.17, 15) is 19.5 Å². The highest BCUT2D eigenvalue weighted by atomic mass is 16.5. The van der Waals surface area contributed by atoms with Crippen LogP contribution in [0.5, 0.6) is 0 Å². The van der Waals surface area contributed by atoms with Crippen molar-refractivity contribution < 1.29 is 19.4 Å². The molecule has 5 rings (SSSR count). The number of hydrogen-bond acceptors (Lipinski definition) is 7. The Bertz CT molecular complexity index is 1390. The van der Waals surface area contributed by atoms with E-state index >= 15 is 0 Å². The number of rotatable bonds is 8. The van der Waals surface area contributed by atoms with Gasteiger partial charge in [-0.25, -0.2) is 9.47 Å². The molecule has 8 heteroatoms. The normalized spacial score (nSPS) is 35.9. The fraction of sp³-hybridized carbons (Fsp3) is 0.588. The van der Waals surface area contributed by atoms with Crippen molar-refractivity contribution in [1.29, 1.82) is 0 Å². The zero-order valence-electron chi connectivity index (χ0n) is 25.3. The second-order valence-corrected chi connectivity index (χ2v) is 13.4. The number of aromatic nitrogens is 2. The first kappa shape index (κ1) is 30.2. The molecule has 0 aromatic carbocycles. The van der Waals surface area contributed by atoms with Crippen molar-refractivity contribution in [3.63, 3.8) is 0 Å². The maximum Gasteiger partial charge on any atom is 0.344 e. The minimum absolute atomic E-state index is 0.0652. The van der Waals surface area contributed by atoms with Crippen LogP contribution in [0.3, 0.4) is 0 Å². The fourth-order valence-electron chi connectivity index (χ4n) is 8.51. The third-order valence-corrected chi connectivity index (χ3v) is 11.4. The van der Waals surface area contributed by atoms with Crippen LogP contribution in [0.1, 0.15) is 82.1 Å². The van der Waals surface area contributed by atoms with Crippen LogP contribution in [0.25, 0.3) is 0 Å². The highest BCUT2D eigenvalue weighted by Gasteiger charge is 2.68. The number of hydrogen-bond donors (Lipinski definition) is 2. The van der Waals surface area contributed by atoms with E-state index in [1.807, 2.05) is 25.3 Å². The molecule has 8 nitrogen and oxygen atoms in total. The topological polar surface area (TPSA) is 111 Å². The van der Waals surface area contributed by atoms with Gasteiger partial charge in [0, 0.05) is 48.3 Å². The van der Waals surface area contributed by atoms with Crippen molar-refractivity contribution in [3.8, 4) is 0 Å². The number of carbonyl (C=O) groups is 2. The van der Waals surface area contributed by atoms with Gasteiger partial charge in [-0.2, -0.15) is 0 Å². The minimum Gasteiger partial charge on any atom is -0.458 e. The first-order chi connectivity index (χ1) is 20.0. The van der Waals surface area contributed by atoms with Crippen LogP contribution in [-0.2, 0) is 16.0 Å². The lowest BCUT2D eigenvalue weighted by Crippen LogP contribution is -2.63. The lowest BCUT2D eigenvalue weighted by molar-refractivity contribution is -0.192. The number of esters is 1. The number of aliphatic hydroxyl groups is 1. The summed E-state index contributed by atoms with van der Waals surface area (Å²) in [7, 11) is 0. The molecule has 2 unspecified atom stereocenters. The standard InChI is InChI=1S/C34H45N3O5/c1-6-32(4)20-27(33(5)22(2)13-15-34(23(3)29(32)39)16-14-26(38)28(33)34)42-31(41)25-12-9-19-37(30(25)40)36-18-8-11-24-10-7-17-35-21-24/h6-7,9-10,12,17,19,21-23,27-29,36,39H,1,8,11,13-16,18,20H2,2-5H3/t22?,23-,27+,28?,29-,32+,33-,34-/m0/s1. The summed E-state index contributed by atoms with van der Waals surface area (Å²) >= 11 is 0. The molecule has 0 spiro atoms. The number of carbonyl (C=O) groups excluding carboxylic acids is 2. The van der Waals surface area contributed by atoms with Gasteiger partial charge in [-0.1, -0.05) is 39.8 Å². The first-order valence-corrected chi connectivity index (χ1v) is 15.4. The van der Waals surface area contributed by atoms with Crippen LogP contribution >= 0.6 is 0 Å². The summed E-state index contributed by atoms with van der Waals surface area (Å²) in [4.78, 5) is 44.9. The van der Waals surface area contributed by atoms with Gasteiger partial charge in [0.15, 0.2) is 0 Å². The highest BCUT2D eigenvalue weighted by molar-refractivity contribution is 5.89. The van der Waals surface area contributed by atoms with Crippen molar-refractivity contribution >= 4 is 11.8 Å². The Morgan fingerprint density at radius 1 is 1.24 bits per heavy atom. The zero-order chi connectivity index (χ0) is 30.3. The number of aryl methyl sites for hydroxylation is 1. The number of ether oxygens (including phenoxy) is 1. The van der Waals surface area contributed by atoms with E-state index in [1.54, 1.807) is 24.5 Å². The van der Waals surface area contributed by atoms with E-state index in [-0.39, 0.29) is 34.5 Å². The maximum absolute atomic E-state index is 13.8. The van der Waals surface area contributed by atoms with E-state index < -0.39 is 34.6 Å². The maximum atomic E-state index is 13.8. The van der Waals surface area contributed by atoms with Crippen LogP contribution in [0.4, 0.5) is 0 Å². The van der Waals surface area contributed by atoms with Crippen LogP contribution in [0.2, 0.25) is 0 Å². The molecule has 226 valence electrons. The molecule has 42 heavy (non-hydrogen) atoms. The van der Waals surface area contributed by atoms with Crippen LogP contribution in [0, 0.1) is 34.0 Å². The van der Waals surface area contributed by atoms with Crippen molar-refractivity contribution in [2.45, 2.75) is 84.8 Å². The second kappa shape index (κ2) is 11.4. The summed E-state index contributed by atoms with van der Waals surface area (Å²) < 4.78 is 7.65. The third kappa shape index (κ3) is 4.91. The third-order valence-electron chi connectivity index (χ3n) is 11.4. The first-order valence-electron chi connectivity index (χ1n) is 15.4. The van der Waals surface area contributed by atoms with E-state index in [4.69, 9.17) is 4.74 Å². The van der Waals surface area contributed by atoms with E-state index in [1.165, 1.54) is 10.7 Å². The van der Waals surface area contributed by atoms with Gasteiger partial charge in [0.2, 0.25) is 0 Å². The lowest BCUT2D eigenvalue weighted by atomic mass is 9.44. The number of Topliss-reactive ketones (excluding diaryl/α,β-unsaturated/α-hetero) is 1. The average Bonchev–Trinajstić information content (AvgIpc) is 3.34. The molecule has 3 fully saturated rings. The van der Waals surface area contributed by atoms with E-state index in [0.29, 0.717) is 19.4 Å². The Morgan fingerprint density at radius 3 is 2.74 bits per heavy atom. The summed E-state index contributed by atoms with van der Waals surface area (Å²) in [6.45, 7) is 12.9. The fourth-order valence-corrected chi connectivity index (χ4v) is 8.51. The molecular formula is C34H45N3O5. The Balaban J connectivity index is 1.42. The molecule has 0 saturated heterocycles. The quantitative estimate of drug-likeness (QED) is 0.261. The van der Waals surface area contributed by atoms with Crippen LogP contribution in [0.15, 0.2) is 60.3 Å². The van der Waals surface area contributed by atoms with Crippen molar-refractivity contribution in [2.24, 2.45) is 34.0 Å². The molecule has 0 amide bonds. The largest absolute Gasteiger partial charge is 0.458 e.